The minimum absolute atomic E-state index is 0.0472. The molecular formula is C33H35FN2O3. The third kappa shape index (κ3) is 6.07. The molecular weight excluding hydrogens is 491 g/mol. The Bertz CT molecular complexity index is 1400. The molecule has 0 bridgehead atoms. The molecule has 1 aromatic heterocycles. The molecule has 5 nitrogen and oxygen atoms in total. The topological polar surface area (TPSA) is 63.5 Å². The Balaban J connectivity index is 1.66. The molecule has 0 aliphatic carbocycles. The van der Waals surface area contributed by atoms with Gasteiger partial charge >= 0.3 is 5.97 Å². The number of halogens is 1. The highest BCUT2D eigenvalue weighted by Gasteiger charge is 2.30. The van der Waals surface area contributed by atoms with Crippen molar-refractivity contribution >= 4 is 11.7 Å². The lowest BCUT2D eigenvalue weighted by Gasteiger charge is -2.27. The van der Waals surface area contributed by atoms with E-state index in [0.29, 0.717) is 25.9 Å². The molecule has 2 atom stereocenters. The summed E-state index contributed by atoms with van der Waals surface area (Å²) in [6, 6.07) is 27.1. The van der Waals surface area contributed by atoms with Crippen LogP contribution in [0.5, 0.6) is 0 Å². The summed E-state index contributed by atoms with van der Waals surface area (Å²) in [5.41, 5.74) is 7.52. The first-order valence-corrected chi connectivity index (χ1v) is 13.6. The molecule has 2 heterocycles. The third-order valence-electron chi connectivity index (χ3n) is 7.29. The van der Waals surface area contributed by atoms with Gasteiger partial charge in [0.2, 0.25) is 0 Å². The number of hydrogen-bond acceptors (Lipinski definition) is 4. The molecule has 0 spiro atoms. The first-order chi connectivity index (χ1) is 18.9. The molecule has 0 saturated carbocycles. The number of benzene rings is 3. The van der Waals surface area contributed by atoms with Crippen LogP contribution in [0.25, 0.3) is 22.4 Å². The average Bonchev–Trinajstić information content (AvgIpc) is 3.26. The number of rotatable bonds is 9. The van der Waals surface area contributed by atoms with Crippen molar-refractivity contribution in [1.29, 1.82) is 0 Å². The van der Waals surface area contributed by atoms with Gasteiger partial charge in [-0.15, -0.1) is 0 Å². The lowest BCUT2D eigenvalue weighted by molar-refractivity contribution is -0.160. The number of esters is 1. The second kappa shape index (κ2) is 11.9. The monoisotopic (exact) mass is 526 g/mol. The molecule has 2 N–H and O–H groups in total. The van der Waals surface area contributed by atoms with E-state index in [0.717, 1.165) is 28.1 Å². The number of para-hydroxylation sites is 1. The number of carbonyl (C=O) groups is 1. The van der Waals surface area contributed by atoms with Crippen LogP contribution >= 0.6 is 0 Å². The van der Waals surface area contributed by atoms with Crippen LogP contribution in [0.1, 0.15) is 50.3 Å². The Morgan fingerprint density at radius 3 is 2.28 bits per heavy atom. The molecule has 3 aromatic carbocycles. The first-order valence-electron chi connectivity index (χ1n) is 13.6. The zero-order valence-electron chi connectivity index (χ0n) is 22.4. The Labute approximate surface area is 229 Å². The number of nitrogens with zero attached hydrogens (tertiary/aromatic N) is 1. The molecule has 1 aliphatic heterocycles. The molecule has 1 aliphatic rings. The smallest absolute Gasteiger partial charge is 0.308 e. The molecule has 0 amide bonds. The summed E-state index contributed by atoms with van der Waals surface area (Å²) in [6.45, 7) is 5.58. The fraction of sp³-hybridized carbons (Fsp3) is 0.303. The standard InChI is InChI=1S/C33H35FN2O3/c1-22(2)32-29(21-35-26-11-7-4-8-12-26)31(23-9-5-3-6-10-23)33(24-13-15-25(34)16-14-24)36(32)18-17-28-19-27(37)20-30(38)39-28/h3-16,22,27-28,35,37H,17-21H2,1-2H3. The highest BCUT2D eigenvalue weighted by Crippen LogP contribution is 2.42. The average molecular weight is 527 g/mol. The van der Waals surface area contributed by atoms with Gasteiger partial charge in [0.25, 0.3) is 0 Å². The third-order valence-corrected chi connectivity index (χ3v) is 7.29. The zero-order chi connectivity index (χ0) is 27.4. The summed E-state index contributed by atoms with van der Waals surface area (Å²) < 4.78 is 21.9. The number of aliphatic hydroxyl groups is 1. The first kappa shape index (κ1) is 26.7. The number of aliphatic hydroxyl groups excluding tert-OH is 1. The summed E-state index contributed by atoms with van der Waals surface area (Å²) in [6.07, 6.45) is 0.0315. The van der Waals surface area contributed by atoms with Crippen molar-refractivity contribution < 1.29 is 19.0 Å². The van der Waals surface area contributed by atoms with Crippen LogP contribution in [0.3, 0.4) is 0 Å². The summed E-state index contributed by atoms with van der Waals surface area (Å²) >= 11 is 0. The van der Waals surface area contributed by atoms with Crippen LogP contribution in [-0.4, -0.2) is 27.9 Å². The maximum Gasteiger partial charge on any atom is 0.308 e. The Morgan fingerprint density at radius 1 is 0.974 bits per heavy atom. The van der Waals surface area contributed by atoms with Gasteiger partial charge in [-0.3, -0.25) is 4.79 Å². The van der Waals surface area contributed by atoms with E-state index in [4.69, 9.17) is 4.74 Å². The molecule has 202 valence electrons. The zero-order valence-corrected chi connectivity index (χ0v) is 22.4. The van der Waals surface area contributed by atoms with Crippen LogP contribution < -0.4 is 5.32 Å². The van der Waals surface area contributed by atoms with E-state index in [9.17, 15) is 14.3 Å². The van der Waals surface area contributed by atoms with Crippen LogP contribution in [0, 0.1) is 5.82 Å². The van der Waals surface area contributed by atoms with Gasteiger partial charge in [0, 0.05) is 48.4 Å². The van der Waals surface area contributed by atoms with Gasteiger partial charge in [0.1, 0.15) is 11.9 Å². The number of hydrogen-bond donors (Lipinski definition) is 2. The van der Waals surface area contributed by atoms with Gasteiger partial charge < -0.3 is 19.7 Å². The maximum absolute atomic E-state index is 14.0. The summed E-state index contributed by atoms with van der Waals surface area (Å²) in [7, 11) is 0. The minimum Gasteiger partial charge on any atom is -0.462 e. The van der Waals surface area contributed by atoms with E-state index in [1.807, 2.05) is 48.5 Å². The Morgan fingerprint density at radius 2 is 1.64 bits per heavy atom. The number of cyclic esters (lactones) is 1. The largest absolute Gasteiger partial charge is 0.462 e. The highest BCUT2D eigenvalue weighted by molar-refractivity contribution is 5.86. The Kier molecular flexibility index (Phi) is 8.13. The van der Waals surface area contributed by atoms with E-state index < -0.39 is 6.10 Å². The molecule has 4 aromatic rings. The minimum atomic E-state index is -0.674. The van der Waals surface area contributed by atoms with Gasteiger partial charge in [0.15, 0.2) is 0 Å². The fourth-order valence-corrected chi connectivity index (χ4v) is 5.64. The van der Waals surface area contributed by atoms with Crippen molar-refractivity contribution in [2.75, 3.05) is 5.32 Å². The summed E-state index contributed by atoms with van der Waals surface area (Å²) in [5.74, 6) is -0.447. The fourth-order valence-electron chi connectivity index (χ4n) is 5.64. The molecule has 1 fully saturated rings. The van der Waals surface area contributed by atoms with E-state index in [-0.39, 0.29) is 30.2 Å². The number of carbonyl (C=O) groups excluding carboxylic acids is 1. The van der Waals surface area contributed by atoms with Gasteiger partial charge in [0.05, 0.1) is 18.2 Å². The SMILES string of the molecule is CC(C)c1c(CNc2ccccc2)c(-c2ccccc2)c(-c2ccc(F)cc2)n1CCC1CC(O)CC(=O)O1. The molecule has 1 saturated heterocycles. The van der Waals surface area contributed by atoms with Crippen molar-refractivity contribution in [3.8, 4) is 22.4 Å². The summed E-state index contributed by atoms with van der Waals surface area (Å²) in [4.78, 5) is 12.0. The van der Waals surface area contributed by atoms with E-state index in [1.165, 1.54) is 23.4 Å². The second-order valence-electron chi connectivity index (χ2n) is 10.5. The number of aromatic nitrogens is 1. The molecule has 2 unspecified atom stereocenters. The normalized spacial score (nSPS) is 17.3. The van der Waals surface area contributed by atoms with Gasteiger partial charge in [-0.25, -0.2) is 4.39 Å². The lowest BCUT2D eigenvalue weighted by Crippen LogP contribution is -2.33. The van der Waals surface area contributed by atoms with E-state index in [1.54, 1.807) is 0 Å². The van der Waals surface area contributed by atoms with Crippen molar-refractivity contribution in [2.45, 2.75) is 64.3 Å². The van der Waals surface area contributed by atoms with Crippen LogP contribution in [0.15, 0.2) is 84.9 Å². The van der Waals surface area contributed by atoms with Crippen molar-refractivity contribution in [1.82, 2.24) is 4.57 Å². The quantitative estimate of drug-likeness (QED) is 0.227. The van der Waals surface area contributed by atoms with Crippen LogP contribution in [0.2, 0.25) is 0 Å². The van der Waals surface area contributed by atoms with Crippen molar-refractivity contribution in [3.63, 3.8) is 0 Å². The predicted molar refractivity (Wildman–Crippen MR) is 153 cm³/mol. The highest BCUT2D eigenvalue weighted by atomic mass is 19.1. The van der Waals surface area contributed by atoms with Gasteiger partial charge in [-0.1, -0.05) is 62.4 Å². The maximum atomic E-state index is 14.0. The van der Waals surface area contributed by atoms with Crippen molar-refractivity contribution in [2.24, 2.45) is 0 Å². The number of nitrogens with one attached hydrogen (secondary N) is 1. The molecule has 39 heavy (non-hydrogen) atoms. The van der Waals surface area contributed by atoms with E-state index >= 15 is 0 Å². The Hall–Kier alpha value is -3.90. The molecule has 6 heteroatoms. The van der Waals surface area contributed by atoms with E-state index in [2.05, 4.69) is 48.0 Å². The lowest BCUT2D eigenvalue weighted by atomic mass is 9.95. The van der Waals surface area contributed by atoms with Gasteiger partial charge in [-0.2, -0.15) is 0 Å². The number of ether oxygens (including phenoxy) is 1. The number of anilines is 1. The molecule has 5 rings (SSSR count). The van der Waals surface area contributed by atoms with Gasteiger partial charge in [-0.05, 0) is 53.4 Å². The second-order valence-corrected chi connectivity index (χ2v) is 10.5. The van der Waals surface area contributed by atoms with Crippen LogP contribution in [-0.2, 0) is 22.6 Å². The van der Waals surface area contributed by atoms with Crippen LogP contribution in [0.4, 0.5) is 10.1 Å². The molecule has 0 radical (unpaired) electrons. The summed E-state index contributed by atoms with van der Waals surface area (Å²) in [5, 5.41) is 13.8. The van der Waals surface area contributed by atoms with Crippen molar-refractivity contribution in [3.05, 3.63) is 102 Å². The predicted octanol–water partition coefficient (Wildman–Crippen LogP) is 7.15.